The number of carbonyl (C=O) groups is 1. The molecule has 0 aromatic heterocycles. The van der Waals surface area contributed by atoms with Gasteiger partial charge in [0.1, 0.15) is 5.82 Å². The fourth-order valence-electron chi connectivity index (χ4n) is 1.44. The maximum atomic E-state index is 13.5. The number of halogens is 2. The Labute approximate surface area is 102 Å². The fraction of sp³-hybridized carbons (Fsp3) is 0.364. The van der Waals surface area contributed by atoms with Gasteiger partial charge in [0.05, 0.1) is 0 Å². The molecule has 0 spiro atoms. The van der Waals surface area contributed by atoms with Crippen molar-refractivity contribution in [1.29, 1.82) is 0 Å². The molecule has 88 valence electrons. The van der Waals surface area contributed by atoms with Gasteiger partial charge in [-0.2, -0.15) is 0 Å². The van der Waals surface area contributed by atoms with E-state index in [1.54, 1.807) is 6.07 Å². The van der Waals surface area contributed by atoms with Crippen molar-refractivity contribution in [2.75, 3.05) is 0 Å². The number of benzene rings is 1. The average Bonchev–Trinajstić information content (AvgIpc) is 2.21. The Morgan fingerprint density at radius 3 is 2.81 bits per heavy atom. The number of hydrogen-bond acceptors (Lipinski definition) is 2. The first-order chi connectivity index (χ1) is 7.43. The molecule has 1 rings (SSSR count). The molecule has 0 amide bonds. The van der Waals surface area contributed by atoms with E-state index >= 15 is 0 Å². The number of carboxylic acids is 1. The summed E-state index contributed by atoms with van der Waals surface area (Å²) in [6.45, 7) is 1.83. The summed E-state index contributed by atoms with van der Waals surface area (Å²) in [6, 6.07) is 2.38. The van der Waals surface area contributed by atoms with Crippen LogP contribution in [0, 0.1) is 12.7 Å². The Kier molecular flexibility index (Phi) is 4.44. The minimum atomic E-state index is -0.931. The Morgan fingerprint density at radius 1 is 1.62 bits per heavy atom. The van der Waals surface area contributed by atoms with E-state index in [1.807, 2.05) is 6.92 Å². The van der Waals surface area contributed by atoms with Gasteiger partial charge in [0.15, 0.2) is 0 Å². The van der Waals surface area contributed by atoms with Gasteiger partial charge in [-0.05, 0) is 25.0 Å². The van der Waals surface area contributed by atoms with Crippen LogP contribution in [-0.2, 0) is 4.79 Å². The first-order valence-electron chi connectivity index (χ1n) is 4.85. The topological polar surface area (TPSA) is 63.3 Å². The summed E-state index contributed by atoms with van der Waals surface area (Å²) in [5.41, 5.74) is 7.01. The predicted molar refractivity (Wildman–Crippen MR) is 62.6 cm³/mol. The minimum Gasteiger partial charge on any atom is -0.481 e. The van der Waals surface area contributed by atoms with Crippen molar-refractivity contribution in [2.45, 2.75) is 25.8 Å². The van der Waals surface area contributed by atoms with Crippen molar-refractivity contribution in [2.24, 2.45) is 5.73 Å². The highest BCUT2D eigenvalue weighted by Crippen LogP contribution is 2.30. The van der Waals surface area contributed by atoms with Gasteiger partial charge in [-0.1, -0.05) is 22.0 Å². The summed E-state index contributed by atoms with van der Waals surface area (Å²) in [5.74, 6) is -1.34. The SMILES string of the molecule is Cc1ccc(F)c(C(N)CCC(=O)O)c1Br. The zero-order valence-corrected chi connectivity index (χ0v) is 10.4. The summed E-state index contributed by atoms with van der Waals surface area (Å²) < 4.78 is 14.2. The molecule has 0 saturated heterocycles. The number of aliphatic carboxylic acids is 1. The van der Waals surface area contributed by atoms with Crippen molar-refractivity contribution < 1.29 is 14.3 Å². The third-order valence-corrected chi connectivity index (χ3v) is 3.41. The van der Waals surface area contributed by atoms with Gasteiger partial charge in [-0.25, -0.2) is 4.39 Å². The van der Waals surface area contributed by atoms with Gasteiger partial charge in [0.25, 0.3) is 0 Å². The molecular weight excluding hydrogens is 277 g/mol. The maximum absolute atomic E-state index is 13.5. The summed E-state index contributed by atoms with van der Waals surface area (Å²) in [7, 11) is 0. The molecule has 5 heteroatoms. The molecule has 0 bridgehead atoms. The smallest absolute Gasteiger partial charge is 0.303 e. The Bertz CT molecular complexity index is 409. The predicted octanol–water partition coefficient (Wildman–Crippen LogP) is 2.76. The number of rotatable bonds is 4. The van der Waals surface area contributed by atoms with E-state index in [0.29, 0.717) is 10.0 Å². The normalized spacial score (nSPS) is 12.5. The Balaban J connectivity index is 2.94. The number of aryl methyl sites for hydroxylation is 1. The number of hydrogen-bond donors (Lipinski definition) is 2. The van der Waals surface area contributed by atoms with E-state index in [-0.39, 0.29) is 12.8 Å². The van der Waals surface area contributed by atoms with Crippen LogP contribution in [-0.4, -0.2) is 11.1 Å². The molecule has 0 fully saturated rings. The number of nitrogens with two attached hydrogens (primary N) is 1. The van der Waals surface area contributed by atoms with Crippen molar-refractivity contribution in [3.63, 3.8) is 0 Å². The van der Waals surface area contributed by atoms with E-state index < -0.39 is 17.8 Å². The highest BCUT2D eigenvalue weighted by Gasteiger charge is 2.17. The fourth-order valence-corrected chi connectivity index (χ4v) is 2.06. The van der Waals surface area contributed by atoms with Crippen LogP contribution in [0.1, 0.15) is 30.0 Å². The first-order valence-corrected chi connectivity index (χ1v) is 5.64. The van der Waals surface area contributed by atoms with Gasteiger partial charge < -0.3 is 10.8 Å². The van der Waals surface area contributed by atoms with Crippen LogP contribution in [0.25, 0.3) is 0 Å². The second kappa shape index (κ2) is 5.41. The first kappa shape index (κ1) is 13.1. The molecular formula is C11H13BrFNO2. The van der Waals surface area contributed by atoms with Crippen LogP contribution < -0.4 is 5.73 Å². The summed E-state index contributed by atoms with van der Waals surface area (Å²) in [6.07, 6.45) is 0.148. The van der Waals surface area contributed by atoms with Crippen molar-refractivity contribution in [3.8, 4) is 0 Å². The van der Waals surface area contributed by atoms with E-state index in [2.05, 4.69) is 15.9 Å². The van der Waals surface area contributed by atoms with Crippen molar-refractivity contribution in [1.82, 2.24) is 0 Å². The lowest BCUT2D eigenvalue weighted by Crippen LogP contribution is -2.15. The van der Waals surface area contributed by atoms with Crippen LogP contribution in [0.2, 0.25) is 0 Å². The monoisotopic (exact) mass is 289 g/mol. The molecule has 0 heterocycles. The molecule has 3 N–H and O–H groups in total. The van der Waals surface area contributed by atoms with E-state index in [9.17, 15) is 9.18 Å². The van der Waals surface area contributed by atoms with Crippen LogP contribution in [0.5, 0.6) is 0 Å². The zero-order valence-electron chi connectivity index (χ0n) is 8.84. The van der Waals surface area contributed by atoms with Gasteiger partial charge in [-0.3, -0.25) is 4.79 Å². The quantitative estimate of drug-likeness (QED) is 0.896. The van der Waals surface area contributed by atoms with Crippen molar-refractivity contribution >= 4 is 21.9 Å². The van der Waals surface area contributed by atoms with E-state index in [1.165, 1.54) is 6.07 Å². The molecule has 1 atom stereocenters. The highest BCUT2D eigenvalue weighted by molar-refractivity contribution is 9.10. The maximum Gasteiger partial charge on any atom is 0.303 e. The van der Waals surface area contributed by atoms with Gasteiger partial charge >= 0.3 is 5.97 Å². The molecule has 1 aromatic rings. The van der Waals surface area contributed by atoms with Crippen LogP contribution in [0.3, 0.4) is 0 Å². The number of carboxylic acid groups (broad SMARTS) is 1. The molecule has 1 unspecified atom stereocenters. The van der Waals surface area contributed by atoms with E-state index in [0.717, 1.165) is 5.56 Å². The van der Waals surface area contributed by atoms with Gasteiger partial charge in [0, 0.05) is 22.5 Å². The molecule has 3 nitrogen and oxygen atoms in total. The van der Waals surface area contributed by atoms with Crippen LogP contribution in [0.4, 0.5) is 4.39 Å². The highest BCUT2D eigenvalue weighted by atomic mass is 79.9. The third-order valence-electron chi connectivity index (χ3n) is 2.36. The van der Waals surface area contributed by atoms with Crippen molar-refractivity contribution in [3.05, 3.63) is 33.5 Å². The summed E-state index contributed by atoms with van der Waals surface area (Å²) in [5, 5.41) is 8.54. The molecule has 0 aliphatic rings. The van der Waals surface area contributed by atoms with E-state index in [4.69, 9.17) is 10.8 Å². The summed E-state index contributed by atoms with van der Waals surface area (Å²) >= 11 is 3.27. The van der Waals surface area contributed by atoms with Crippen LogP contribution >= 0.6 is 15.9 Å². The average molecular weight is 290 g/mol. The molecule has 1 aromatic carbocycles. The standard InChI is InChI=1S/C11H13BrFNO2/c1-6-2-3-7(13)10(11(6)12)8(14)4-5-9(15)16/h2-3,8H,4-5,14H2,1H3,(H,15,16). The van der Waals surface area contributed by atoms with Gasteiger partial charge in [-0.15, -0.1) is 0 Å². The molecule has 0 radical (unpaired) electrons. The Hall–Kier alpha value is -0.940. The Morgan fingerprint density at radius 2 is 2.25 bits per heavy atom. The lowest BCUT2D eigenvalue weighted by Gasteiger charge is -2.15. The molecule has 16 heavy (non-hydrogen) atoms. The molecule has 0 saturated carbocycles. The third kappa shape index (κ3) is 3.02. The second-order valence-corrected chi connectivity index (χ2v) is 4.42. The minimum absolute atomic E-state index is 0.0685. The molecule has 0 aliphatic heterocycles. The second-order valence-electron chi connectivity index (χ2n) is 3.63. The zero-order chi connectivity index (χ0) is 12.3. The lowest BCUT2D eigenvalue weighted by molar-refractivity contribution is -0.137. The lowest BCUT2D eigenvalue weighted by atomic mass is 10.0. The van der Waals surface area contributed by atoms with Crippen LogP contribution in [0.15, 0.2) is 16.6 Å². The molecule has 0 aliphatic carbocycles. The van der Waals surface area contributed by atoms with Gasteiger partial charge in [0.2, 0.25) is 0 Å². The summed E-state index contributed by atoms with van der Waals surface area (Å²) in [4.78, 5) is 10.4. The largest absolute Gasteiger partial charge is 0.481 e.